The van der Waals surface area contributed by atoms with Gasteiger partial charge in [0.25, 0.3) is 5.91 Å². The molecule has 3 nitrogen and oxygen atoms in total. The Morgan fingerprint density at radius 1 is 1.28 bits per heavy atom. The summed E-state index contributed by atoms with van der Waals surface area (Å²) < 4.78 is 5.02. The van der Waals surface area contributed by atoms with Gasteiger partial charge in [-0.05, 0) is 29.3 Å². The second kappa shape index (κ2) is 6.07. The molecule has 1 heterocycles. The first kappa shape index (κ1) is 13.2. The molecule has 1 atom stereocenters. The van der Waals surface area contributed by atoms with Gasteiger partial charge in [-0.1, -0.05) is 46.3 Å². The second-order valence-electron chi connectivity index (χ2n) is 3.69. The molecule has 1 unspecified atom stereocenters. The lowest BCUT2D eigenvalue weighted by Gasteiger charge is -2.10. The van der Waals surface area contributed by atoms with Crippen LogP contribution in [-0.4, -0.2) is 12.5 Å². The average Bonchev–Trinajstić information content (AvgIpc) is 2.83. The number of furan rings is 1. The predicted molar refractivity (Wildman–Crippen MR) is 74.2 cm³/mol. The molecule has 1 aromatic heterocycles. The number of amides is 1. The van der Waals surface area contributed by atoms with Crippen LogP contribution >= 0.6 is 27.5 Å². The van der Waals surface area contributed by atoms with Gasteiger partial charge in [0, 0.05) is 6.54 Å². The molecule has 1 N–H and O–H groups in total. The van der Waals surface area contributed by atoms with Crippen molar-refractivity contribution < 1.29 is 9.21 Å². The lowest BCUT2D eigenvalue weighted by Crippen LogP contribution is -2.26. The summed E-state index contributed by atoms with van der Waals surface area (Å²) in [7, 11) is 0. The Balaban J connectivity index is 1.90. The number of hydrogen-bond donors (Lipinski definition) is 1. The largest absolute Gasteiger partial charge is 0.440 e. The number of benzene rings is 1. The average molecular weight is 329 g/mol. The molecule has 0 saturated carbocycles. The maximum absolute atomic E-state index is 11.7. The Morgan fingerprint density at radius 2 is 2.00 bits per heavy atom. The first-order valence-electron chi connectivity index (χ1n) is 5.39. The Labute approximate surface area is 118 Å². The molecule has 5 heteroatoms. The summed E-state index contributed by atoms with van der Waals surface area (Å²) in [6.45, 7) is 0.473. The van der Waals surface area contributed by atoms with E-state index in [1.807, 2.05) is 30.3 Å². The third kappa shape index (κ3) is 3.37. The van der Waals surface area contributed by atoms with Gasteiger partial charge in [-0.15, -0.1) is 0 Å². The van der Waals surface area contributed by atoms with Gasteiger partial charge in [0.15, 0.2) is 11.0 Å². The maximum Gasteiger partial charge on any atom is 0.287 e. The van der Waals surface area contributed by atoms with E-state index in [9.17, 15) is 4.79 Å². The van der Waals surface area contributed by atoms with Crippen LogP contribution in [0.1, 0.15) is 20.9 Å². The van der Waals surface area contributed by atoms with Crippen LogP contribution in [0.25, 0.3) is 0 Å². The number of alkyl halides is 1. The normalized spacial score (nSPS) is 12.1. The van der Waals surface area contributed by atoms with Crippen LogP contribution in [0.3, 0.4) is 0 Å². The fraction of sp³-hybridized carbons (Fsp3) is 0.154. The third-order valence-electron chi connectivity index (χ3n) is 2.40. The number of hydrogen-bond acceptors (Lipinski definition) is 2. The molecule has 0 spiro atoms. The predicted octanol–water partition coefficient (Wildman–Crippen LogP) is 3.80. The van der Waals surface area contributed by atoms with Crippen LogP contribution in [-0.2, 0) is 0 Å². The van der Waals surface area contributed by atoms with Crippen LogP contribution in [0.5, 0.6) is 0 Å². The van der Waals surface area contributed by atoms with Crippen molar-refractivity contribution >= 4 is 33.4 Å². The molecule has 0 radical (unpaired) electrons. The fourth-order valence-electron chi connectivity index (χ4n) is 1.49. The highest BCUT2D eigenvalue weighted by Gasteiger charge is 2.13. The van der Waals surface area contributed by atoms with Gasteiger partial charge < -0.3 is 9.73 Å². The van der Waals surface area contributed by atoms with Crippen LogP contribution in [0, 0.1) is 0 Å². The Kier molecular flexibility index (Phi) is 4.44. The van der Waals surface area contributed by atoms with E-state index in [2.05, 4.69) is 21.2 Å². The first-order valence-corrected chi connectivity index (χ1v) is 6.69. The zero-order valence-corrected chi connectivity index (χ0v) is 11.7. The highest BCUT2D eigenvalue weighted by atomic mass is 79.9. The fourth-order valence-corrected chi connectivity index (χ4v) is 2.10. The van der Waals surface area contributed by atoms with E-state index in [4.69, 9.17) is 16.0 Å². The minimum Gasteiger partial charge on any atom is -0.440 e. The smallest absolute Gasteiger partial charge is 0.287 e. The van der Waals surface area contributed by atoms with Crippen LogP contribution in [0.4, 0.5) is 0 Å². The van der Waals surface area contributed by atoms with Gasteiger partial charge in [0.2, 0.25) is 0 Å². The lowest BCUT2D eigenvalue weighted by molar-refractivity contribution is 0.0926. The van der Waals surface area contributed by atoms with Crippen LogP contribution in [0.2, 0.25) is 5.22 Å². The minimum absolute atomic E-state index is 0.0630. The summed E-state index contributed by atoms with van der Waals surface area (Å²) in [5.41, 5.74) is 1.11. The van der Waals surface area contributed by atoms with E-state index in [1.165, 1.54) is 0 Å². The molecule has 0 aliphatic carbocycles. The molecular weight excluding hydrogens is 318 g/mol. The molecule has 1 amide bonds. The molecular formula is C13H11BrClNO2. The highest BCUT2D eigenvalue weighted by Crippen LogP contribution is 2.21. The van der Waals surface area contributed by atoms with Crippen molar-refractivity contribution in [1.82, 2.24) is 5.32 Å². The maximum atomic E-state index is 11.7. The Bertz CT molecular complexity index is 527. The van der Waals surface area contributed by atoms with Gasteiger partial charge in [-0.25, -0.2) is 0 Å². The Morgan fingerprint density at radius 3 is 2.61 bits per heavy atom. The van der Waals surface area contributed by atoms with E-state index in [0.717, 1.165) is 5.56 Å². The zero-order valence-electron chi connectivity index (χ0n) is 9.40. The molecule has 0 aliphatic heterocycles. The van der Waals surface area contributed by atoms with Gasteiger partial charge in [0.1, 0.15) is 0 Å². The quantitative estimate of drug-likeness (QED) is 0.868. The summed E-state index contributed by atoms with van der Waals surface area (Å²) in [5.74, 6) is -0.0601. The Hall–Kier alpha value is -1.26. The molecule has 18 heavy (non-hydrogen) atoms. The van der Waals surface area contributed by atoms with E-state index >= 15 is 0 Å². The molecule has 0 fully saturated rings. The number of carbonyl (C=O) groups is 1. The number of carbonyl (C=O) groups excluding carboxylic acids is 1. The summed E-state index contributed by atoms with van der Waals surface area (Å²) in [6.07, 6.45) is 0. The standard InChI is InChI=1S/C13H11BrClNO2/c14-10(9-4-2-1-3-5-9)8-16-13(17)11-6-7-12(15)18-11/h1-7,10H,8H2,(H,16,17). The van der Waals surface area contributed by atoms with Crippen molar-refractivity contribution in [3.63, 3.8) is 0 Å². The highest BCUT2D eigenvalue weighted by molar-refractivity contribution is 9.09. The van der Waals surface area contributed by atoms with Crippen LogP contribution < -0.4 is 5.32 Å². The summed E-state index contributed by atoms with van der Waals surface area (Å²) in [6, 6.07) is 12.9. The summed E-state index contributed by atoms with van der Waals surface area (Å²) in [5, 5.41) is 2.98. The van der Waals surface area contributed by atoms with Crippen molar-refractivity contribution in [1.29, 1.82) is 0 Å². The van der Waals surface area contributed by atoms with Gasteiger partial charge in [-0.3, -0.25) is 4.79 Å². The molecule has 0 aliphatic rings. The van der Waals surface area contributed by atoms with Crippen molar-refractivity contribution in [2.45, 2.75) is 4.83 Å². The van der Waals surface area contributed by atoms with Crippen molar-refractivity contribution in [3.05, 3.63) is 59.0 Å². The van der Waals surface area contributed by atoms with E-state index < -0.39 is 0 Å². The van der Waals surface area contributed by atoms with E-state index in [0.29, 0.717) is 6.54 Å². The third-order valence-corrected chi connectivity index (χ3v) is 3.46. The van der Waals surface area contributed by atoms with Gasteiger partial charge in [0.05, 0.1) is 4.83 Å². The molecule has 0 bridgehead atoms. The molecule has 0 saturated heterocycles. The molecule has 94 valence electrons. The minimum atomic E-state index is -0.276. The first-order chi connectivity index (χ1) is 8.66. The summed E-state index contributed by atoms with van der Waals surface area (Å²) in [4.78, 5) is 11.8. The van der Waals surface area contributed by atoms with Gasteiger partial charge in [-0.2, -0.15) is 0 Å². The van der Waals surface area contributed by atoms with Crippen molar-refractivity contribution in [2.75, 3.05) is 6.54 Å². The van der Waals surface area contributed by atoms with Crippen LogP contribution in [0.15, 0.2) is 46.9 Å². The van der Waals surface area contributed by atoms with Crippen molar-refractivity contribution in [2.24, 2.45) is 0 Å². The van der Waals surface area contributed by atoms with Crippen molar-refractivity contribution in [3.8, 4) is 0 Å². The number of rotatable bonds is 4. The van der Waals surface area contributed by atoms with E-state index in [-0.39, 0.29) is 21.7 Å². The number of nitrogens with one attached hydrogen (secondary N) is 1. The van der Waals surface area contributed by atoms with Gasteiger partial charge >= 0.3 is 0 Å². The molecule has 2 rings (SSSR count). The zero-order chi connectivity index (χ0) is 13.0. The summed E-state index contributed by atoms with van der Waals surface area (Å²) >= 11 is 9.13. The SMILES string of the molecule is O=C(NCC(Br)c1ccccc1)c1ccc(Cl)o1. The topological polar surface area (TPSA) is 42.2 Å². The molecule has 2 aromatic rings. The second-order valence-corrected chi connectivity index (χ2v) is 5.17. The lowest BCUT2D eigenvalue weighted by atomic mass is 10.1. The monoisotopic (exact) mass is 327 g/mol. The molecule has 1 aromatic carbocycles. The number of halogens is 2. The van der Waals surface area contributed by atoms with E-state index in [1.54, 1.807) is 12.1 Å².